The summed E-state index contributed by atoms with van der Waals surface area (Å²) in [5.74, 6) is 0.481. The zero-order valence-corrected chi connectivity index (χ0v) is 17.3. The molecule has 0 radical (unpaired) electrons. The molecular weight excluding hydrogens is 386 g/mol. The number of hydrogen-bond donors (Lipinski definition) is 1. The number of ketones is 1. The first-order valence-corrected chi connectivity index (χ1v) is 9.93. The fraction of sp³-hybridized carbons (Fsp3) is 0.115. The molecule has 0 atom stereocenters. The molecule has 31 heavy (non-hydrogen) atoms. The summed E-state index contributed by atoms with van der Waals surface area (Å²) in [5.41, 5.74) is 4.94. The molecule has 0 fully saturated rings. The van der Waals surface area contributed by atoms with Gasteiger partial charge < -0.3 is 9.72 Å². The second-order valence-electron chi connectivity index (χ2n) is 7.34. The topological polar surface area (TPSA) is 78.8 Å². The van der Waals surface area contributed by atoms with Crippen molar-refractivity contribution in [2.24, 2.45) is 0 Å². The number of H-pyrrole nitrogens is 1. The van der Waals surface area contributed by atoms with Gasteiger partial charge in [-0.25, -0.2) is 0 Å². The third kappa shape index (κ3) is 4.24. The number of allylic oxidation sites excluding steroid dienone is 1. The van der Waals surface area contributed by atoms with Crippen LogP contribution < -0.4 is 4.74 Å². The number of carbonyl (C=O) groups is 1. The van der Waals surface area contributed by atoms with Crippen molar-refractivity contribution in [2.75, 3.05) is 0 Å². The molecule has 0 aliphatic heterocycles. The zero-order chi connectivity index (χ0) is 21.8. The van der Waals surface area contributed by atoms with Gasteiger partial charge in [0.05, 0.1) is 5.69 Å². The number of aromatic amines is 1. The van der Waals surface area contributed by atoms with Crippen LogP contribution in [0.2, 0.25) is 0 Å². The molecule has 5 nitrogen and oxygen atoms in total. The number of nitrogens with zero attached hydrogens (tertiary/aromatic N) is 2. The van der Waals surface area contributed by atoms with Gasteiger partial charge in [-0.05, 0) is 66.9 Å². The summed E-state index contributed by atoms with van der Waals surface area (Å²) in [6.45, 7) is 4.28. The number of hydrogen-bond acceptors (Lipinski definition) is 4. The Morgan fingerprint density at radius 2 is 1.87 bits per heavy atom. The highest BCUT2D eigenvalue weighted by Gasteiger charge is 2.17. The molecule has 4 rings (SSSR count). The molecule has 0 bridgehead atoms. The highest BCUT2D eigenvalue weighted by molar-refractivity contribution is 6.19. The highest BCUT2D eigenvalue weighted by atomic mass is 16.5. The van der Waals surface area contributed by atoms with Crippen LogP contribution in [0.15, 0.2) is 72.6 Å². The second kappa shape index (κ2) is 8.68. The average molecular weight is 407 g/mol. The summed E-state index contributed by atoms with van der Waals surface area (Å²) < 4.78 is 5.98. The Labute approximate surface area is 180 Å². The van der Waals surface area contributed by atoms with Gasteiger partial charge in [0.2, 0.25) is 5.78 Å². The van der Waals surface area contributed by atoms with E-state index in [2.05, 4.69) is 16.0 Å². The van der Waals surface area contributed by atoms with Gasteiger partial charge >= 0.3 is 0 Å². The van der Waals surface area contributed by atoms with Crippen LogP contribution in [-0.2, 0) is 6.61 Å². The lowest BCUT2D eigenvalue weighted by Crippen LogP contribution is -2.02. The van der Waals surface area contributed by atoms with E-state index in [1.54, 1.807) is 18.5 Å². The number of para-hydroxylation sites is 1. The number of rotatable bonds is 6. The molecule has 0 amide bonds. The molecule has 0 spiro atoms. The Bertz CT molecular complexity index is 1300. The lowest BCUT2D eigenvalue weighted by molar-refractivity contribution is 0.104. The Morgan fingerprint density at radius 3 is 2.58 bits per heavy atom. The van der Waals surface area contributed by atoms with Crippen molar-refractivity contribution in [2.45, 2.75) is 20.5 Å². The number of Topliss-reactive ketones (excluding diaryl/α,β-unsaturated/α-hetero) is 1. The number of carbonyl (C=O) groups excluding carboxylic acids is 1. The number of pyridine rings is 1. The van der Waals surface area contributed by atoms with Gasteiger partial charge in [0.1, 0.15) is 24.0 Å². The van der Waals surface area contributed by atoms with Crippen LogP contribution in [0, 0.1) is 25.2 Å². The van der Waals surface area contributed by atoms with Gasteiger partial charge in [-0.1, -0.05) is 24.3 Å². The predicted octanol–water partition coefficient (Wildman–Crippen LogP) is 5.55. The lowest BCUT2D eigenvalue weighted by Gasteiger charge is -2.13. The first-order chi connectivity index (χ1) is 15.1. The summed E-state index contributed by atoms with van der Waals surface area (Å²) in [6, 6.07) is 19.1. The zero-order valence-electron chi connectivity index (χ0n) is 17.3. The van der Waals surface area contributed by atoms with E-state index < -0.39 is 0 Å². The van der Waals surface area contributed by atoms with Crippen molar-refractivity contribution < 1.29 is 9.53 Å². The van der Waals surface area contributed by atoms with Gasteiger partial charge in [-0.2, -0.15) is 5.26 Å². The minimum absolute atomic E-state index is 0.0886. The van der Waals surface area contributed by atoms with Crippen molar-refractivity contribution in [3.63, 3.8) is 0 Å². The van der Waals surface area contributed by atoms with E-state index in [0.717, 1.165) is 39.0 Å². The van der Waals surface area contributed by atoms with Crippen LogP contribution in [-0.4, -0.2) is 15.8 Å². The second-order valence-corrected chi connectivity index (χ2v) is 7.34. The Morgan fingerprint density at radius 1 is 1.13 bits per heavy atom. The summed E-state index contributed by atoms with van der Waals surface area (Å²) >= 11 is 0. The van der Waals surface area contributed by atoms with Crippen LogP contribution in [0.25, 0.3) is 17.0 Å². The molecule has 2 heterocycles. The molecule has 4 aromatic rings. The molecule has 152 valence electrons. The van der Waals surface area contributed by atoms with Gasteiger partial charge in [0.15, 0.2) is 0 Å². The van der Waals surface area contributed by atoms with Crippen molar-refractivity contribution in [1.82, 2.24) is 9.97 Å². The number of fused-ring (bicyclic) bond motifs is 1. The molecule has 2 aromatic carbocycles. The van der Waals surface area contributed by atoms with Crippen LogP contribution in [0.5, 0.6) is 5.75 Å². The van der Waals surface area contributed by atoms with Gasteiger partial charge in [-0.3, -0.25) is 9.78 Å². The van der Waals surface area contributed by atoms with Crippen molar-refractivity contribution in [1.29, 1.82) is 5.26 Å². The van der Waals surface area contributed by atoms with Crippen molar-refractivity contribution >= 4 is 22.8 Å². The molecule has 5 heteroatoms. The van der Waals surface area contributed by atoms with E-state index in [1.807, 2.05) is 68.4 Å². The summed E-state index contributed by atoms with van der Waals surface area (Å²) in [4.78, 5) is 20.4. The molecule has 1 N–H and O–H groups in total. The maximum absolute atomic E-state index is 13.0. The van der Waals surface area contributed by atoms with Crippen LogP contribution in [0.1, 0.15) is 32.7 Å². The van der Waals surface area contributed by atoms with Gasteiger partial charge in [0, 0.05) is 28.9 Å². The number of ether oxygens (including phenoxy) is 1. The van der Waals surface area contributed by atoms with E-state index in [9.17, 15) is 10.1 Å². The first kappa shape index (κ1) is 20.1. The third-order valence-electron chi connectivity index (χ3n) is 5.08. The van der Waals surface area contributed by atoms with Crippen LogP contribution >= 0.6 is 0 Å². The summed E-state index contributed by atoms with van der Waals surface area (Å²) in [5, 5.41) is 10.5. The fourth-order valence-corrected chi connectivity index (χ4v) is 3.64. The van der Waals surface area contributed by atoms with Gasteiger partial charge in [-0.15, -0.1) is 0 Å². The van der Waals surface area contributed by atoms with Crippen molar-refractivity contribution in [3.05, 3.63) is 101 Å². The Kier molecular flexibility index (Phi) is 5.63. The van der Waals surface area contributed by atoms with Crippen LogP contribution in [0.4, 0.5) is 0 Å². The lowest BCUT2D eigenvalue weighted by atomic mass is 9.99. The Hall–Kier alpha value is -4.17. The molecule has 0 unspecified atom stereocenters. The fourth-order valence-electron chi connectivity index (χ4n) is 3.64. The Balaban J connectivity index is 1.61. The number of nitriles is 1. The van der Waals surface area contributed by atoms with Crippen molar-refractivity contribution in [3.8, 4) is 11.8 Å². The molecule has 0 saturated heterocycles. The smallest absolute Gasteiger partial charge is 0.205 e. The number of nitrogens with one attached hydrogen (secondary N) is 1. The highest BCUT2D eigenvalue weighted by Crippen LogP contribution is 2.28. The number of aryl methyl sites for hydroxylation is 2. The SMILES string of the molecule is Cc1cc(/C=C(\C#N)C(=O)c2c[nH]c3ccccc23)cc(C)c1OCc1ccccn1. The minimum atomic E-state index is -0.300. The summed E-state index contributed by atoms with van der Waals surface area (Å²) in [6.07, 6.45) is 5.02. The predicted molar refractivity (Wildman–Crippen MR) is 121 cm³/mol. The third-order valence-corrected chi connectivity index (χ3v) is 5.08. The molecule has 0 saturated carbocycles. The standard InChI is InChI=1S/C26H21N3O2/c1-17-11-19(12-18(2)26(17)31-16-21-7-5-6-10-28-21)13-20(14-27)25(30)23-15-29-24-9-4-3-8-22(23)24/h3-13,15,29H,16H2,1-2H3/b20-13+. The number of aromatic nitrogens is 2. The summed E-state index contributed by atoms with van der Waals surface area (Å²) in [7, 11) is 0. The normalized spacial score (nSPS) is 11.3. The van der Waals surface area contributed by atoms with Crippen LogP contribution in [0.3, 0.4) is 0 Å². The van der Waals surface area contributed by atoms with E-state index >= 15 is 0 Å². The molecule has 2 aromatic heterocycles. The first-order valence-electron chi connectivity index (χ1n) is 9.93. The number of benzene rings is 2. The van der Waals surface area contributed by atoms with E-state index in [0.29, 0.717) is 12.2 Å². The maximum atomic E-state index is 13.0. The van der Waals surface area contributed by atoms with Gasteiger partial charge in [0.25, 0.3) is 0 Å². The van der Waals surface area contributed by atoms with E-state index in [-0.39, 0.29) is 11.4 Å². The molecule has 0 aliphatic carbocycles. The quantitative estimate of drug-likeness (QED) is 0.258. The molecule has 0 aliphatic rings. The monoisotopic (exact) mass is 407 g/mol. The largest absolute Gasteiger partial charge is 0.487 e. The minimum Gasteiger partial charge on any atom is -0.487 e. The molecular formula is C26H21N3O2. The maximum Gasteiger partial charge on any atom is 0.205 e. The average Bonchev–Trinajstić information content (AvgIpc) is 3.21. The van der Waals surface area contributed by atoms with E-state index in [4.69, 9.17) is 4.74 Å². The van der Waals surface area contributed by atoms with E-state index in [1.165, 1.54) is 0 Å².